The predicted octanol–water partition coefficient (Wildman–Crippen LogP) is 1.36. The molecule has 0 aromatic heterocycles. The molecule has 1 aliphatic heterocycles. The van der Waals surface area contributed by atoms with Crippen LogP contribution in [0.2, 0.25) is 5.02 Å². The van der Waals surface area contributed by atoms with Gasteiger partial charge >= 0.3 is 0 Å². The van der Waals surface area contributed by atoms with Crippen molar-refractivity contribution < 1.29 is 9.59 Å². The summed E-state index contributed by atoms with van der Waals surface area (Å²) in [5.41, 5.74) is 6.94. The van der Waals surface area contributed by atoms with Crippen molar-refractivity contribution >= 4 is 34.8 Å². The Labute approximate surface area is 110 Å². The average Bonchev–Trinajstić information content (AvgIpc) is 2.60. The maximum absolute atomic E-state index is 11.8. The fourth-order valence-corrected chi connectivity index (χ4v) is 2.19. The third kappa shape index (κ3) is 2.63. The standard InChI is InChI=1S/C12H14ClN3O2/c1-7(17)15-9-2-3-10(13)11(5-9)16-6-8(14)4-12(16)18/h2-3,5,8H,4,6,14H2,1H3,(H,15,17). The van der Waals surface area contributed by atoms with Crippen molar-refractivity contribution in [3.63, 3.8) is 0 Å². The van der Waals surface area contributed by atoms with Crippen molar-refractivity contribution in [2.75, 3.05) is 16.8 Å². The van der Waals surface area contributed by atoms with Gasteiger partial charge in [0, 0.05) is 31.6 Å². The van der Waals surface area contributed by atoms with Gasteiger partial charge in [-0.05, 0) is 18.2 Å². The van der Waals surface area contributed by atoms with Crippen LogP contribution in [0.5, 0.6) is 0 Å². The number of anilines is 2. The third-order valence-corrected chi connectivity index (χ3v) is 3.03. The number of amides is 2. The minimum absolute atomic E-state index is 0.0515. The predicted molar refractivity (Wildman–Crippen MR) is 70.7 cm³/mol. The van der Waals surface area contributed by atoms with Crippen molar-refractivity contribution in [2.24, 2.45) is 5.73 Å². The Hall–Kier alpha value is -1.59. The van der Waals surface area contributed by atoms with Crippen molar-refractivity contribution in [1.29, 1.82) is 0 Å². The Balaban J connectivity index is 2.31. The number of hydrogen-bond acceptors (Lipinski definition) is 3. The zero-order valence-electron chi connectivity index (χ0n) is 9.94. The number of benzene rings is 1. The Morgan fingerprint density at radius 1 is 1.56 bits per heavy atom. The molecule has 1 heterocycles. The second kappa shape index (κ2) is 4.96. The van der Waals surface area contributed by atoms with Gasteiger partial charge in [0.05, 0.1) is 10.7 Å². The SMILES string of the molecule is CC(=O)Nc1ccc(Cl)c(N2CC(N)CC2=O)c1. The number of nitrogens with two attached hydrogens (primary N) is 1. The van der Waals surface area contributed by atoms with Gasteiger partial charge < -0.3 is 16.0 Å². The van der Waals surface area contributed by atoms with Gasteiger partial charge in [-0.25, -0.2) is 0 Å². The minimum Gasteiger partial charge on any atom is -0.326 e. The summed E-state index contributed by atoms with van der Waals surface area (Å²) in [6.45, 7) is 1.87. The molecule has 5 nitrogen and oxygen atoms in total. The van der Waals surface area contributed by atoms with E-state index in [1.54, 1.807) is 23.1 Å². The van der Waals surface area contributed by atoms with Crippen molar-refractivity contribution in [3.8, 4) is 0 Å². The molecule has 1 aromatic carbocycles. The van der Waals surface area contributed by atoms with Crippen molar-refractivity contribution in [1.82, 2.24) is 0 Å². The van der Waals surface area contributed by atoms with Gasteiger partial charge in [0.2, 0.25) is 11.8 Å². The van der Waals surface area contributed by atoms with Gasteiger partial charge in [-0.15, -0.1) is 0 Å². The van der Waals surface area contributed by atoms with Crippen LogP contribution in [0.25, 0.3) is 0 Å². The molecule has 0 bridgehead atoms. The molecule has 1 aromatic rings. The molecule has 18 heavy (non-hydrogen) atoms. The lowest BCUT2D eigenvalue weighted by molar-refractivity contribution is -0.117. The highest BCUT2D eigenvalue weighted by atomic mass is 35.5. The van der Waals surface area contributed by atoms with Gasteiger partial charge in [0.25, 0.3) is 0 Å². The van der Waals surface area contributed by atoms with E-state index in [2.05, 4.69) is 5.32 Å². The fraction of sp³-hybridized carbons (Fsp3) is 0.333. The molecule has 1 saturated heterocycles. The molecule has 1 aliphatic rings. The summed E-state index contributed by atoms with van der Waals surface area (Å²) in [7, 11) is 0. The molecular formula is C12H14ClN3O2. The van der Waals surface area contributed by atoms with Crippen LogP contribution in [0.15, 0.2) is 18.2 Å². The van der Waals surface area contributed by atoms with E-state index in [1.807, 2.05) is 0 Å². The van der Waals surface area contributed by atoms with Gasteiger partial charge in [-0.1, -0.05) is 11.6 Å². The minimum atomic E-state index is -0.173. The number of halogens is 1. The molecule has 2 rings (SSSR count). The van der Waals surface area contributed by atoms with Crippen LogP contribution >= 0.6 is 11.6 Å². The second-order valence-corrected chi connectivity index (χ2v) is 4.72. The molecule has 0 radical (unpaired) electrons. The Bertz CT molecular complexity index is 504. The maximum Gasteiger partial charge on any atom is 0.228 e. The van der Waals surface area contributed by atoms with Gasteiger partial charge in [-0.3, -0.25) is 9.59 Å². The van der Waals surface area contributed by atoms with E-state index in [-0.39, 0.29) is 17.9 Å². The van der Waals surface area contributed by atoms with E-state index in [9.17, 15) is 9.59 Å². The smallest absolute Gasteiger partial charge is 0.228 e. The lowest BCUT2D eigenvalue weighted by Crippen LogP contribution is -2.28. The number of carbonyl (C=O) groups is 2. The van der Waals surface area contributed by atoms with Crippen molar-refractivity contribution in [3.05, 3.63) is 23.2 Å². The number of carbonyl (C=O) groups excluding carboxylic acids is 2. The summed E-state index contributed by atoms with van der Waals surface area (Å²) in [5.74, 6) is -0.225. The monoisotopic (exact) mass is 267 g/mol. The van der Waals surface area contributed by atoms with E-state index in [1.165, 1.54) is 6.92 Å². The summed E-state index contributed by atoms with van der Waals surface area (Å²) >= 11 is 6.08. The zero-order valence-corrected chi connectivity index (χ0v) is 10.7. The molecule has 1 fully saturated rings. The summed E-state index contributed by atoms with van der Waals surface area (Å²) in [6, 6.07) is 4.85. The fourth-order valence-electron chi connectivity index (χ4n) is 1.97. The van der Waals surface area contributed by atoms with E-state index in [4.69, 9.17) is 17.3 Å². The molecule has 1 atom stereocenters. The topological polar surface area (TPSA) is 75.4 Å². The summed E-state index contributed by atoms with van der Waals surface area (Å²) in [4.78, 5) is 24.3. The maximum atomic E-state index is 11.8. The van der Waals surface area contributed by atoms with Crippen LogP contribution in [-0.2, 0) is 9.59 Å². The molecule has 0 aliphatic carbocycles. The van der Waals surface area contributed by atoms with Crippen LogP contribution in [0, 0.1) is 0 Å². The Kier molecular flexibility index (Phi) is 3.54. The van der Waals surface area contributed by atoms with Crippen molar-refractivity contribution in [2.45, 2.75) is 19.4 Å². The van der Waals surface area contributed by atoms with Gasteiger partial charge in [-0.2, -0.15) is 0 Å². The van der Waals surface area contributed by atoms with Crippen LogP contribution < -0.4 is 16.0 Å². The molecule has 2 amide bonds. The molecule has 0 saturated carbocycles. The number of rotatable bonds is 2. The molecule has 1 unspecified atom stereocenters. The first-order valence-corrected chi connectivity index (χ1v) is 5.98. The summed E-state index contributed by atoms with van der Waals surface area (Å²) in [6.07, 6.45) is 0.320. The summed E-state index contributed by atoms with van der Waals surface area (Å²) in [5, 5.41) is 3.12. The van der Waals surface area contributed by atoms with E-state index < -0.39 is 0 Å². The number of hydrogen-bond donors (Lipinski definition) is 2. The lowest BCUT2D eigenvalue weighted by Gasteiger charge is -2.18. The Morgan fingerprint density at radius 3 is 2.83 bits per heavy atom. The largest absolute Gasteiger partial charge is 0.326 e. The normalized spacial score (nSPS) is 19.2. The molecule has 0 spiro atoms. The number of nitrogens with one attached hydrogen (secondary N) is 1. The zero-order chi connectivity index (χ0) is 13.3. The van der Waals surface area contributed by atoms with Gasteiger partial charge in [0.1, 0.15) is 0 Å². The van der Waals surface area contributed by atoms with E-state index >= 15 is 0 Å². The second-order valence-electron chi connectivity index (χ2n) is 4.32. The van der Waals surface area contributed by atoms with E-state index in [0.717, 1.165) is 0 Å². The molecule has 3 N–H and O–H groups in total. The van der Waals surface area contributed by atoms with Crippen LogP contribution in [0.3, 0.4) is 0 Å². The van der Waals surface area contributed by atoms with Crippen LogP contribution in [0.4, 0.5) is 11.4 Å². The van der Waals surface area contributed by atoms with Crippen LogP contribution in [0.1, 0.15) is 13.3 Å². The highest BCUT2D eigenvalue weighted by molar-refractivity contribution is 6.34. The highest BCUT2D eigenvalue weighted by Crippen LogP contribution is 2.31. The van der Waals surface area contributed by atoms with Crippen LogP contribution in [-0.4, -0.2) is 24.4 Å². The highest BCUT2D eigenvalue weighted by Gasteiger charge is 2.29. The Morgan fingerprint density at radius 2 is 2.28 bits per heavy atom. The number of nitrogens with zero attached hydrogens (tertiary/aromatic N) is 1. The summed E-state index contributed by atoms with van der Waals surface area (Å²) < 4.78 is 0. The van der Waals surface area contributed by atoms with Gasteiger partial charge in [0.15, 0.2) is 0 Å². The first-order chi connectivity index (χ1) is 8.47. The van der Waals surface area contributed by atoms with E-state index in [0.29, 0.717) is 29.4 Å². The molecule has 6 heteroatoms. The average molecular weight is 268 g/mol. The molecular weight excluding hydrogens is 254 g/mol. The molecule has 96 valence electrons. The third-order valence-electron chi connectivity index (χ3n) is 2.71. The first kappa shape index (κ1) is 12.9. The first-order valence-electron chi connectivity index (χ1n) is 5.60. The lowest BCUT2D eigenvalue weighted by atomic mass is 10.2. The quantitative estimate of drug-likeness (QED) is 0.850.